The number of H-pyrrole nitrogens is 1. The van der Waals surface area contributed by atoms with Crippen molar-refractivity contribution in [2.75, 3.05) is 0 Å². The molecule has 1 aromatic heterocycles. The molecule has 0 radical (unpaired) electrons. The van der Waals surface area contributed by atoms with Crippen LogP contribution >= 0.6 is 0 Å². The molecule has 0 fully saturated rings. The third-order valence-electron chi connectivity index (χ3n) is 5.46. The molecular weight excluding hydrogens is 280 g/mol. The molecular formula is C21H24N2. The quantitative estimate of drug-likeness (QED) is 0.630. The second-order valence-electron chi connectivity index (χ2n) is 7.26. The van der Waals surface area contributed by atoms with Crippen LogP contribution in [-0.4, -0.2) is 10.2 Å². The standard InChI is InChI=1S/C21H24N2/c1-13(2)16-12-11-14(3)19-20(16)22-23-21(19)18-10-6-8-15-7-4-5-9-17(15)18/h4-10,13-14,16H,11-12H2,1-3H3,(H,22,23)/t14-,16+/m0/s1. The molecule has 1 aliphatic carbocycles. The first-order valence-corrected chi connectivity index (χ1v) is 8.73. The average Bonchev–Trinajstić information content (AvgIpc) is 3.00. The minimum absolute atomic E-state index is 0.577. The van der Waals surface area contributed by atoms with E-state index in [9.17, 15) is 0 Å². The Kier molecular flexibility index (Phi) is 3.48. The predicted molar refractivity (Wildman–Crippen MR) is 96.8 cm³/mol. The Morgan fingerprint density at radius 3 is 2.65 bits per heavy atom. The number of aromatic nitrogens is 2. The summed E-state index contributed by atoms with van der Waals surface area (Å²) < 4.78 is 0. The summed E-state index contributed by atoms with van der Waals surface area (Å²) in [5, 5.41) is 10.8. The van der Waals surface area contributed by atoms with Gasteiger partial charge in [0.25, 0.3) is 0 Å². The number of rotatable bonds is 2. The molecule has 1 N–H and O–H groups in total. The van der Waals surface area contributed by atoms with Gasteiger partial charge in [-0.15, -0.1) is 0 Å². The maximum Gasteiger partial charge on any atom is 0.0964 e. The number of aromatic amines is 1. The lowest BCUT2D eigenvalue weighted by Crippen LogP contribution is -2.16. The molecule has 2 atom stereocenters. The highest BCUT2D eigenvalue weighted by Gasteiger charge is 2.32. The molecule has 1 heterocycles. The summed E-state index contributed by atoms with van der Waals surface area (Å²) in [4.78, 5) is 0. The normalized spacial score (nSPS) is 20.9. The number of nitrogens with one attached hydrogen (secondary N) is 1. The predicted octanol–water partition coefficient (Wildman–Crippen LogP) is 5.87. The molecule has 118 valence electrons. The number of benzene rings is 2. The van der Waals surface area contributed by atoms with E-state index in [1.807, 2.05) is 0 Å². The van der Waals surface area contributed by atoms with E-state index in [-0.39, 0.29) is 0 Å². The molecule has 3 aromatic rings. The van der Waals surface area contributed by atoms with Crippen LogP contribution in [0.4, 0.5) is 0 Å². The molecule has 0 aliphatic heterocycles. The van der Waals surface area contributed by atoms with Crippen LogP contribution < -0.4 is 0 Å². The third-order valence-corrected chi connectivity index (χ3v) is 5.46. The van der Waals surface area contributed by atoms with Gasteiger partial charge in [0.2, 0.25) is 0 Å². The lowest BCUT2D eigenvalue weighted by atomic mass is 9.75. The zero-order valence-corrected chi connectivity index (χ0v) is 14.1. The highest BCUT2D eigenvalue weighted by atomic mass is 15.1. The Hall–Kier alpha value is -2.09. The van der Waals surface area contributed by atoms with Crippen molar-refractivity contribution in [2.24, 2.45) is 5.92 Å². The van der Waals surface area contributed by atoms with Crippen molar-refractivity contribution in [3.05, 3.63) is 53.7 Å². The summed E-state index contributed by atoms with van der Waals surface area (Å²) in [5.74, 6) is 1.84. The molecule has 0 bridgehead atoms. The van der Waals surface area contributed by atoms with Crippen molar-refractivity contribution < 1.29 is 0 Å². The number of hydrogen-bond acceptors (Lipinski definition) is 1. The number of fused-ring (bicyclic) bond motifs is 2. The van der Waals surface area contributed by atoms with Gasteiger partial charge in [-0.25, -0.2) is 0 Å². The molecule has 4 rings (SSSR count). The SMILES string of the molecule is CC(C)[C@H]1CC[C@H](C)c2c(-c3cccc4ccccc34)n[nH]c21. The van der Waals surface area contributed by atoms with Crippen molar-refractivity contribution in [1.29, 1.82) is 0 Å². The molecule has 2 heteroatoms. The van der Waals surface area contributed by atoms with Crippen molar-refractivity contribution >= 4 is 10.8 Å². The molecule has 0 amide bonds. The van der Waals surface area contributed by atoms with Crippen LogP contribution in [0.1, 0.15) is 56.7 Å². The monoisotopic (exact) mass is 304 g/mol. The molecule has 0 saturated heterocycles. The maximum atomic E-state index is 4.78. The van der Waals surface area contributed by atoms with Gasteiger partial charge in [0, 0.05) is 22.7 Å². The van der Waals surface area contributed by atoms with Gasteiger partial charge in [-0.3, -0.25) is 5.10 Å². The third kappa shape index (κ3) is 2.28. The van der Waals surface area contributed by atoms with Crippen molar-refractivity contribution in [3.8, 4) is 11.3 Å². The summed E-state index contributed by atoms with van der Waals surface area (Å²) >= 11 is 0. The van der Waals surface area contributed by atoms with E-state index in [1.165, 1.54) is 40.4 Å². The fourth-order valence-corrected chi connectivity index (χ4v) is 4.17. The summed E-state index contributed by atoms with van der Waals surface area (Å²) in [6.07, 6.45) is 2.52. The molecule has 0 spiro atoms. The molecule has 2 nitrogen and oxygen atoms in total. The van der Waals surface area contributed by atoms with E-state index < -0.39 is 0 Å². The van der Waals surface area contributed by atoms with Crippen LogP contribution in [0, 0.1) is 5.92 Å². The molecule has 0 unspecified atom stereocenters. The van der Waals surface area contributed by atoms with Crippen LogP contribution in [0.25, 0.3) is 22.0 Å². The Morgan fingerprint density at radius 2 is 1.83 bits per heavy atom. The first kappa shape index (κ1) is 14.5. The average molecular weight is 304 g/mol. The van der Waals surface area contributed by atoms with E-state index in [0.29, 0.717) is 17.8 Å². The van der Waals surface area contributed by atoms with Gasteiger partial charge in [-0.2, -0.15) is 5.10 Å². The molecule has 2 aromatic carbocycles. The van der Waals surface area contributed by atoms with Crippen LogP contribution in [0.3, 0.4) is 0 Å². The van der Waals surface area contributed by atoms with E-state index in [4.69, 9.17) is 5.10 Å². The van der Waals surface area contributed by atoms with Crippen LogP contribution in [0.5, 0.6) is 0 Å². The highest BCUT2D eigenvalue weighted by Crippen LogP contribution is 2.45. The van der Waals surface area contributed by atoms with Crippen LogP contribution in [-0.2, 0) is 0 Å². The van der Waals surface area contributed by atoms with Crippen molar-refractivity contribution in [1.82, 2.24) is 10.2 Å². The van der Waals surface area contributed by atoms with E-state index in [1.54, 1.807) is 0 Å². The topological polar surface area (TPSA) is 28.7 Å². The van der Waals surface area contributed by atoms with Gasteiger partial charge >= 0.3 is 0 Å². The van der Waals surface area contributed by atoms with Crippen LogP contribution in [0.2, 0.25) is 0 Å². The zero-order chi connectivity index (χ0) is 16.0. The second-order valence-corrected chi connectivity index (χ2v) is 7.26. The minimum atomic E-state index is 0.577. The molecule has 23 heavy (non-hydrogen) atoms. The van der Waals surface area contributed by atoms with Crippen molar-refractivity contribution in [3.63, 3.8) is 0 Å². The molecule has 1 aliphatic rings. The lowest BCUT2D eigenvalue weighted by Gasteiger charge is -2.29. The van der Waals surface area contributed by atoms with E-state index >= 15 is 0 Å². The Bertz CT molecular complexity index is 839. The van der Waals surface area contributed by atoms with Gasteiger partial charge in [-0.1, -0.05) is 63.2 Å². The summed E-state index contributed by atoms with van der Waals surface area (Å²) in [6.45, 7) is 6.99. The number of hydrogen-bond donors (Lipinski definition) is 1. The van der Waals surface area contributed by atoms with E-state index in [2.05, 4.69) is 68.3 Å². The Balaban J connectivity index is 1.94. The highest BCUT2D eigenvalue weighted by molar-refractivity contribution is 5.96. The van der Waals surface area contributed by atoms with Gasteiger partial charge in [0.1, 0.15) is 0 Å². The zero-order valence-electron chi connectivity index (χ0n) is 14.1. The number of nitrogens with zero attached hydrogens (tertiary/aromatic N) is 1. The molecule has 0 saturated carbocycles. The smallest absolute Gasteiger partial charge is 0.0964 e. The first-order valence-electron chi connectivity index (χ1n) is 8.73. The van der Waals surface area contributed by atoms with Gasteiger partial charge in [-0.05, 0) is 35.4 Å². The lowest BCUT2D eigenvalue weighted by molar-refractivity contribution is 0.403. The van der Waals surface area contributed by atoms with Crippen molar-refractivity contribution in [2.45, 2.75) is 45.4 Å². The Labute approximate surface area is 137 Å². The summed E-state index contributed by atoms with van der Waals surface area (Å²) in [6, 6.07) is 15.1. The summed E-state index contributed by atoms with van der Waals surface area (Å²) in [5.41, 5.74) is 5.25. The fraction of sp³-hybridized carbons (Fsp3) is 0.381. The Morgan fingerprint density at radius 1 is 1.04 bits per heavy atom. The maximum absolute atomic E-state index is 4.78. The first-order chi connectivity index (χ1) is 11.2. The van der Waals surface area contributed by atoms with E-state index in [0.717, 1.165) is 5.69 Å². The van der Waals surface area contributed by atoms with Crippen LogP contribution in [0.15, 0.2) is 42.5 Å². The largest absolute Gasteiger partial charge is 0.281 e. The fourth-order valence-electron chi connectivity index (χ4n) is 4.17. The minimum Gasteiger partial charge on any atom is -0.281 e. The van der Waals surface area contributed by atoms with Gasteiger partial charge < -0.3 is 0 Å². The second kappa shape index (κ2) is 5.52. The summed E-state index contributed by atoms with van der Waals surface area (Å²) in [7, 11) is 0. The van der Waals surface area contributed by atoms with Gasteiger partial charge in [0.15, 0.2) is 0 Å². The van der Waals surface area contributed by atoms with Gasteiger partial charge in [0.05, 0.1) is 5.69 Å².